The van der Waals surface area contributed by atoms with Crippen LogP contribution in [0.2, 0.25) is 0 Å². The molecule has 1 fully saturated rings. The van der Waals surface area contributed by atoms with Crippen LogP contribution in [0.5, 0.6) is 0 Å². The highest BCUT2D eigenvalue weighted by Crippen LogP contribution is 2.42. The number of ether oxygens (including phenoxy) is 1. The summed E-state index contributed by atoms with van der Waals surface area (Å²) < 4.78 is 5.04. The summed E-state index contributed by atoms with van der Waals surface area (Å²) in [6.07, 6.45) is 0.511. The maximum absolute atomic E-state index is 13.3. The summed E-state index contributed by atoms with van der Waals surface area (Å²) in [5.74, 6) is -0.857. The smallest absolute Gasteiger partial charge is 0.351 e. The molecule has 0 saturated carbocycles. The summed E-state index contributed by atoms with van der Waals surface area (Å²) in [5, 5.41) is 9.53. The van der Waals surface area contributed by atoms with Gasteiger partial charge in [-0.05, 0) is 44.9 Å². The molecule has 0 unspecified atom stereocenters. The van der Waals surface area contributed by atoms with Crippen molar-refractivity contribution in [2.75, 3.05) is 11.5 Å². The SMILES string of the molecule is CCOC(=O)/C(C#N)=C1/S[C@H](Cc2ccc(C)cc2)C(=O)N1c1ccc(C)cc1. The summed E-state index contributed by atoms with van der Waals surface area (Å²) in [4.78, 5) is 27.1. The van der Waals surface area contributed by atoms with Crippen molar-refractivity contribution in [3.63, 3.8) is 0 Å². The molecular weight excluding hydrogens is 384 g/mol. The lowest BCUT2D eigenvalue weighted by Gasteiger charge is -2.18. The van der Waals surface area contributed by atoms with Crippen LogP contribution in [0.4, 0.5) is 5.69 Å². The third kappa shape index (κ3) is 4.52. The van der Waals surface area contributed by atoms with E-state index in [2.05, 4.69) is 0 Å². The molecule has 0 aliphatic carbocycles. The van der Waals surface area contributed by atoms with Crippen molar-refractivity contribution < 1.29 is 14.3 Å². The summed E-state index contributed by atoms with van der Waals surface area (Å²) in [6.45, 7) is 5.81. The number of rotatable bonds is 5. The Labute approximate surface area is 175 Å². The third-order valence-corrected chi connectivity index (χ3v) is 5.85. The molecule has 0 aromatic heterocycles. The molecule has 148 valence electrons. The number of anilines is 1. The van der Waals surface area contributed by atoms with Gasteiger partial charge in [0.2, 0.25) is 5.91 Å². The Balaban J connectivity index is 2.02. The molecule has 29 heavy (non-hydrogen) atoms. The largest absolute Gasteiger partial charge is 0.462 e. The van der Waals surface area contributed by atoms with Crippen LogP contribution in [0, 0.1) is 25.2 Å². The van der Waals surface area contributed by atoms with Crippen molar-refractivity contribution in [2.45, 2.75) is 32.4 Å². The Morgan fingerprint density at radius 2 is 1.69 bits per heavy atom. The quantitative estimate of drug-likeness (QED) is 0.421. The van der Waals surface area contributed by atoms with E-state index in [1.54, 1.807) is 6.92 Å². The van der Waals surface area contributed by atoms with Crippen molar-refractivity contribution in [1.29, 1.82) is 5.26 Å². The van der Waals surface area contributed by atoms with Gasteiger partial charge >= 0.3 is 5.97 Å². The molecule has 1 aliphatic rings. The lowest BCUT2D eigenvalue weighted by atomic mass is 10.1. The zero-order valence-electron chi connectivity index (χ0n) is 16.6. The van der Waals surface area contributed by atoms with Crippen molar-refractivity contribution in [2.24, 2.45) is 0 Å². The second-order valence-corrected chi connectivity index (χ2v) is 8.01. The molecule has 1 heterocycles. The zero-order valence-corrected chi connectivity index (χ0v) is 17.5. The molecule has 0 radical (unpaired) electrons. The molecule has 0 N–H and O–H groups in total. The number of amides is 1. The first-order chi connectivity index (χ1) is 13.9. The molecule has 1 amide bonds. The first-order valence-corrected chi connectivity index (χ1v) is 10.3. The van der Waals surface area contributed by atoms with E-state index in [4.69, 9.17) is 4.74 Å². The molecule has 0 bridgehead atoms. The van der Waals surface area contributed by atoms with Crippen LogP contribution in [-0.2, 0) is 20.7 Å². The van der Waals surface area contributed by atoms with Gasteiger partial charge in [0.15, 0.2) is 5.57 Å². The van der Waals surface area contributed by atoms with Crippen LogP contribution in [0.3, 0.4) is 0 Å². The Bertz CT molecular complexity index is 988. The van der Waals surface area contributed by atoms with Gasteiger partial charge in [0.1, 0.15) is 11.1 Å². The number of hydrogen-bond donors (Lipinski definition) is 0. The minimum Gasteiger partial charge on any atom is -0.462 e. The summed E-state index contributed by atoms with van der Waals surface area (Å²) >= 11 is 1.24. The van der Waals surface area contributed by atoms with Crippen molar-refractivity contribution >= 4 is 29.3 Å². The van der Waals surface area contributed by atoms with Crippen LogP contribution in [-0.4, -0.2) is 23.7 Å². The van der Waals surface area contributed by atoms with E-state index < -0.39 is 11.2 Å². The number of thioether (sulfide) groups is 1. The zero-order chi connectivity index (χ0) is 21.0. The first kappa shape index (κ1) is 20.7. The Morgan fingerprint density at radius 1 is 1.10 bits per heavy atom. The minimum atomic E-state index is -0.710. The van der Waals surface area contributed by atoms with E-state index in [9.17, 15) is 14.9 Å². The van der Waals surface area contributed by atoms with Gasteiger partial charge in [-0.2, -0.15) is 5.26 Å². The van der Waals surface area contributed by atoms with Gasteiger partial charge < -0.3 is 4.74 Å². The van der Waals surface area contributed by atoms with Gasteiger partial charge in [0, 0.05) is 5.69 Å². The average molecular weight is 407 g/mol. The predicted octanol–water partition coefficient (Wildman–Crippen LogP) is 4.29. The molecule has 2 aromatic rings. The fraction of sp³-hybridized carbons (Fsp3) is 0.261. The fourth-order valence-electron chi connectivity index (χ4n) is 3.04. The lowest BCUT2D eigenvalue weighted by molar-refractivity contribution is -0.138. The lowest BCUT2D eigenvalue weighted by Crippen LogP contribution is -2.30. The summed E-state index contributed by atoms with van der Waals surface area (Å²) in [6, 6.07) is 17.4. The van der Waals surface area contributed by atoms with Gasteiger partial charge in [-0.1, -0.05) is 59.3 Å². The predicted molar refractivity (Wildman–Crippen MR) is 114 cm³/mol. The minimum absolute atomic E-state index is 0.141. The molecule has 5 nitrogen and oxygen atoms in total. The molecule has 3 rings (SSSR count). The number of benzene rings is 2. The number of aryl methyl sites for hydroxylation is 2. The number of esters is 1. The molecule has 1 aliphatic heterocycles. The van der Waals surface area contributed by atoms with Crippen LogP contribution in [0.25, 0.3) is 0 Å². The van der Waals surface area contributed by atoms with Crippen LogP contribution >= 0.6 is 11.8 Å². The summed E-state index contributed by atoms with van der Waals surface area (Å²) in [5.41, 5.74) is 3.72. The number of carbonyl (C=O) groups is 2. The van der Waals surface area contributed by atoms with E-state index in [0.717, 1.165) is 16.7 Å². The maximum Gasteiger partial charge on any atom is 0.351 e. The molecular formula is C23H22N2O3S. The molecule has 0 spiro atoms. The third-order valence-electron chi connectivity index (χ3n) is 4.59. The molecule has 2 aromatic carbocycles. The normalized spacial score (nSPS) is 17.8. The Hall–Kier alpha value is -3.04. The second-order valence-electron chi connectivity index (χ2n) is 6.82. The number of nitriles is 1. The second kappa shape index (κ2) is 8.97. The van der Waals surface area contributed by atoms with Crippen molar-refractivity contribution in [3.8, 4) is 6.07 Å². The first-order valence-electron chi connectivity index (χ1n) is 9.39. The Morgan fingerprint density at radius 3 is 2.24 bits per heavy atom. The monoisotopic (exact) mass is 406 g/mol. The fourth-order valence-corrected chi connectivity index (χ4v) is 4.34. The van der Waals surface area contributed by atoms with E-state index in [-0.39, 0.29) is 18.1 Å². The topological polar surface area (TPSA) is 70.4 Å². The number of hydrogen-bond acceptors (Lipinski definition) is 5. The van der Waals surface area contributed by atoms with Crippen molar-refractivity contribution in [1.82, 2.24) is 0 Å². The summed E-state index contributed by atoms with van der Waals surface area (Å²) in [7, 11) is 0. The standard InChI is InChI=1S/C23H22N2O3S/c1-4-28-23(27)19(14-24)22-25(18-11-7-16(3)8-12-18)21(26)20(29-22)13-17-9-5-15(2)6-10-17/h5-12,20H,4,13H2,1-3H3/b22-19+/t20-/m1/s1. The van der Waals surface area contributed by atoms with Crippen LogP contribution in [0.15, 0.2) is 59.1 Å². The van der Waals surface area contributed by atoms with Crippen LogP contribution in [0.1, 0.15) is 23.6 Å². The van der Waals surface area contributed by atoms with E-state index in [1.165, 1.54) is 16.7 Å². The number of carbonyl (C=O) groups excluding carboxylic acids is 2. The van der Waals surface area contributed by atoms with Crippen molar-refractivity contribution in [3.05, 3.63) is 75.8 Å². The van der Waals surface area contributed by atoms with Gasteiger partial charge in [-0.25, -0.2) is 4.79 Å². The highest BCUT2D eigenvalue weighted by atomic mass is 32.2. The molecule has 1 atom stereocenters. The van der Waals surface area contributed by atoms with Gasteiger partial charge in [-0.15, -0.1) is 0 Å². The van der Waals surface area contributed by atoms with E-state index in [0.29, 0.717) is 17.1 Å². The van der Waals surface area contributed by atoms with Gasteiger partial charge in [0.25, 0.3) is 0 Å². The highest BCUT2D eigenvalue weighted by Gasteiger charge is 2.41. The van der Waals surface area contributed by atoms with Crippen LogP contribution < -0.4 is 4.90 Å². The highest BCUT2D eigenvalue weighted by molar-refractivity contribution is 8.05. The Kier molecular flexibility index (Phi) is 6.40. The average Bonchev–Trinajstić information content (AvgIpc) is 3.01. The maximum atomic E-state index is 13.3. The van der Waals surface area contributed by atoms with E-state index >= 15 is 0 Å². The van der Waals surface area contributed by atoms with Gasteiger partial charge in [-0.3, -0.25) is 9.69 Å². The molecule has 6 heteroatoms. The number of nitrogens with zero attached hydrogens (tertiary/aromatic N) is 2. The van der Waals surface area contributed by atoms with Gasteiger partial charge in [0.05, 0.1) is 11.9 Å². The molecule has 1 saturated heterocycles. The van der Waals surface area contributed by atoms with E-state index in [1.807, 2.05) is 68.4 Å².